The van der Waals surface area contributed by atoms with Crippen LogP contribution in [0.5, 0.6) is 0 Å². The number of rotatable bonds is 2. The van der Waals surface area contributed by atoms with Crippen molar-refractivity contribution < 1.29 is 8.42 Å². The zero-order chi connectivity index (χ0) is 15.3. The maximum atomic E-state index is 13.1. The molecular weight excluding hydrogens is 296 g/mol. The average molecular weight is 312 g/mol. The average Bonchev–Trinajstić information content (AvgIpc) is 3.08. The molecule has 5 heteroatoms. The fourth-order valence-electron chi connectivity index (χ4n) is 3.39. The summed E-state index contributed by atoms with van der Waals surface area (Å²) in [5.41, 5.74) is 9.43. The molecule has 0 unspecified atom stereocenters. The number of anilines is 1. The van der Waals surface area contributed by atoms with Gasteiger partial charge in [0.15, 0.2) is 0 Å². The zero-order valence-electron chi connectivity index (χ0n) is 12.0. The Morgan fingerprint density at radius 3 is 2.50 bits per heavy atom. The van der Waals surface area contributed by atoms with E-state index in [1.807, 2.05) is 24.3 Å². The first-order valence-corrected chi connectivity index (χ1v) is 8.76. The monoisotopic (exact) mass is 312 g/mol. The van der Waals surface area contributed by atoms with Crippen molar-refractivity contribution >= 4 is 26.6 Å². The number of nitrogens with zero attached hydrogens (tertiary/aromatic N) is 1. The molecule has 22 heavy (non-hydrogen) atoms. The third kappa shape index (κ3) is 1.72. The van der Waals surface area contributed by atoms with Crippen LogP contribution < -0.4 is 5.73 Å². The molecule has 2 aromatic carbocycles. The highest BCUT2D eigenvalue weighted by molar-refractivity contribution is 7.90. The van der Waals surface area contributed by atoms with Crippen LogP contribution in [0.3, 0.4) is 0 Å². The fraction of sp³-hybridized carbons (Fsp3) is 0.176. The van der Waals surface area contributed by atoms with Crippen LogP contribution in [0.4, 0.5) is 5.69 Å². The highest BCUT2D eigenvalue weighted by Crippen LogP contribution is 2.38. The van der Waals surface area contributed by atoms with Crippen LogP contribution in [0.1, 0.15) is 17.7 Å². The first kappa shape index (κ1) is 13.4. The number of nitrogens with two attached hydrogens (primary N) is 1. The first-order chi connectivity index (χ1) is 10.6. The molecule has 0 spiro atoms. The number of fused-ring (bicyclic) bond motifs is 3. The van der Waals surface area contributed by atoms with E-state index in [0.29, 0.717) is 16.1 Å². The second-order valence-corrected chi connectivity index (χ2v) is 7.39. The molecule has 1 aromatic heterocycles. The van der Waals surface area contributed by atoms with E-state index in [2.05, 4.69) is 0 Å². The van der Waals surface area contributed by atoms with Gasteiger partial charge in [-0.2, -0.15) is 0 Å². The summed E-state index contributed by atoms with van der Waals surface area (Å²) in [6.45, 7) is 0. The number of hydrogen-bond acceptors (Lipinski definition) is 3. The smallest absolute Gasteiger partial charge is 0.268 e. The van der Waals surface area contributed by atoms with Crippen LogP contribution in [-0.2, 0) is 22.9 Å². The maximum Gasteiger partial charge on any atom is 0.268 e. The Bertz CT molecular complexity index is 973. The third-order valence-electron chi connectivity index (χ3n) is 4.31. The van der Waals surface area contributed by atoms with Crippen molar-refractivity contribution in [1.82, 2.24) is 3.97 Å². The van der Waals surface area contributed by atoms with Crippen molar-refractivity contribution in [3.63, 3.8) is 0 Å². The van der Waals surface area contributed by atoms with Gasteiger partial charge in [-0.3, -0.25) is 0 Å². The number of hydrogen-bond donors (Lipinski definition) is 1. The van der Waals surface area contributed by atoms with E-state index in [0.717, 1.165) is 35.9 Å². The Kier molecular flexibility index (Phi) is 2.81. The lowest BCUT2D eigenvalue weighted by atomic mass is 10.1. The van der Waals surface area contributed by atoms with E-state index in [1.54, 1.807) is 24.3 Å². The van der Waals surface area contributed by atoms with E-state index < -0.39 is 10.0 Å². The molecule has 0 saturated heterocycles. The van der Waals surface area contributed by atoms with E-state index in [4.69, 9.17) is 5.73 Å². The Morgan fingerprint density at radius 1 is 0.955 bits per heavy atom. The summed E-state index contributed by atoms with van der Waals surface area (Å²) in [6, 6.07) is 14.0. The summed E-state index contributed by atoms with van der Waals surface area (Å²) in [7, 11) is -3.60. The maximum absolute atomic E-state index is 13.1. The predicted molar refractivity (Wildman–Crippen MR) is 87.4 cm³/mol. The molecule has 4 rings (SSSR count). The van der Waals surface area contributed by atoms with Crippen molar-refractivity contribution in [2.45, 2.75) is 24.2 Å². The molecule has 4 nitrogen and oxygen atoms in total. The first-order valence-electron chi connectivity index (χ1n) is 7.32. The van der Waals surface area contributed by atoms with Crippen molar-refractivity contribution in [3.05, 3.63) is 59.8 Å². The van der Waals surface area contributed by atoms with Crippen LogP contribution in [0, 0.1) is 0 Å². The summed E-state index contributed by atoms with van der Waals surface area (Å²) in [5.74, 6) is 0. The topological polar surface area (TPSA) is 65.1 Å². The Balaban J connectivity index is 2.11. The van der Waals surface area contributed by atoms with Gasteiger partial charge >= 0.3 is 0 Å². The van der Waals surface area contributed by atoms with Crippen LogP contribution in [0.2, 0.25) is 0 Å². The number of nitrogen functional groups attached to an aromatic ring is 1. The third-order valence-corrected chi connectivity index (χ3v) is 6.08. The summed E-state index contributed by atoms with van der Waals surface area (Å²) in [4.78, 5) is 0.309. The Labute approximate surface area is 129 Å². The lowest BCUT2D eigenvalue weighted by molar-refractivity contribution is 0.587. The second kappa shape index (κ2) is 4.61. The SMILES string of the molecule is Nc1cccc2c1c1c(n2S(=O)(=O)c2ccccc2)CCC1. The molecule has 0 aliphatic heterocycles. The molecule has 2 N–H and O–H groups in total. The fourth-order valence-corrected chi connectivity index (χ4v) is 5.01. The van der Waals surface area contributed by atoms with Crippen molar-refractivity contribution in [3.8, 4) is 0 Å². The van der Waals surface area contributed by atoms with Crippen molar-refractivity contribution in [2.75, 3.05) is 5.73 Å². The summed E-state index contributed by atoms with van der Waals surface area (Å²) >= 11 is 0. The second-order valence-electron chi connectivity index (χ2n) is 5.60. The molecular formula is C17H16N2O2S. The van der Waals surface area contributed by atoms with Gasteiger partial charge in [0.1, 0.15) is 0 Å². The highest BCUT2D eigenvalue weighted by Gasteiger charge is 2.29. The van der Waals surface area contributed by atoms with Gasteiger partial charge in [0.25, 0.3) is 10.0 Å². The number of aryl methyl sites for hydroxylation is 1. The standard InChI is InChI=1S/C17H16N2O2S/c18-14-9-5-11-16-17(14)13-8-4-10-15(13)19(16)22(20,21)12-6-2-1-3-7-12/h1-3,5-7,9,11H,4,8,10,18H2. The lowest BCUT2D eigenvalue weighted by Crippen LogP contribution is -2.15. The molecule has 0 amide bonds. The minimum absolute atomic E-state index is 0.309. The van der Waals surface area contributed by atoms with Gasteiger partial charge in [0.05, 0.1) is 10.4 Å². The Hall–Kier alpha value is -2.27. The molecule has 112 valence electrons. The van der Waals surface area contributed by atoms with Gasteiger partial charge in [-0.1, -0.05) is 24.3 Å². The van der Waals surface area contributed by atoms with Crippen LogP contribution in [0.15, 0.2) is 53.4 Å². The van der Waals surface area contributed by atoms with E-state index >= 15 is 0 Å². The molecule has 0 fully saturated rings. The van der Waals surface area contributed by atoms with Gasteiger partial charge in [-0.25, -0.2) is 12.4 Å². The summed E-state index contributed by atoms with van der Waals surface area (Å²) < 4.78 is 27.7. The van der Waals surface area contributed by atoms with Crippen LogP contribution in [-0.4, -0.2) is 12.4 Å². The molecule has 0 bridgehead atoms. The summed E-state index contributed by atoms with van der Waals surface area (Å²) in [5, 5.41) is 0.898. The molecule has 1 aliphatic carbocycles. The van der Waals surface area contributed by atoms with Gasteiger partial charge in [-0.05, 0) is 49.1 Å². The largest absolute Gasteiger partial charge is 0.398 e. The lowest BCUT2D eigenvalue weighted by Gasteiger charge is -2.11. The zero-order valence-corrected chi connectivity index (χ0v) is 12.8. The minimum Gasteiger partial charge on any atom is -0.398 e. The van der Waals surface area contributed by atoms with Crippen LogP contribution >= 0.6 is 0 Å². The van der Waals surface area contributed by atoms with Crippen molar-refractivity contribution in [2.24, 2.45) is 0 Å². The molecule has 0 saturated carbocycles. The van der Waals surface area contributed by atoms with E-state index in [-0.39, 0.29) is 0 Å². The molecule has 1 aliphatic rings. The summed E-state index contributed by atoms with van der Waals surface area (Å²) in [6.07, 6.45) is 2.63. The Morgan fingerprint density at radius 2 is 1.73 bits per heavy atom. The molecule has 0 atom stereocenters. The number of benzene rings is 2. The quantitative estimate of drug-likeness (QED) is 0.740. The van der Waals surface area contributed by atoms with E-state index in [1.165, 1.54) is 3.97 Å². The predicted octanol–water partition coefficient (Wildman–Crippen LogP) is 2.95. The molecule has 3 aromatic rings. The van der Waals surface area contributed by atoms with Gasteiger partial charge in [0, 0.05) is 16.8 Å². The van der Waals surface area contributed by atoms with Gasteiger partial charge < -0.3 is 5.73 Å². The number of aromatic nitrogens is 1. The highest BCUT2D eigenvalue weighted by atomic mass is 32.2. The van der Waals surface area contributed by atoms with Crippen LogP contribution in [0.25, 0.3) is 10.9 Å². The minimum atomic E-state index is -3.60. The van der Waals surface area contributed by atoms with Gasteiger partial charge in [0.2, 0.25) is 0 Å². The normalized spacial score (nSPS) is 14.4. The van der Waals surface area contributed by atoms with E-state index in [9.17, 15) is 8.42 Å². The molecule has 1 heterocycles. The van der Waals surface area contributed by atoms with Gasteiger partial charge in [-0.15, -0.1) is 0 Å². The molecule has 0 radical (unpaired) electrons. The van der Waals surface area contributed by atoms with Crippen molar-refractivity contribution in [1.29, 1.82) is 0 Å².